The molecule has 2 amide bonds. The smallest absolute Gasteiger partial charge is 0.254 e. The summed E-state index contributed by atoms with van der Waals surface area (Å²) in [6, 6.07) is 18.2. The molecule has 4 nitrogen and oxygen atoms in total. The Bertz CT molecular complexity index is 1070. The first kappa shape index (κ1) is 21.6. The van der Waals surface area contributed by atoms with Crippen molar-refractivity contribution < 1.29 is 9.59 Å². The lowest BCUT2D eigenvalue weighted by molar-refractivity contribution is -0.146. The number of benzene rings is 2. The Morgan fingerprint density at radius 3 is 2.12 bits per heavy atom. The van der Waals surface area contributed by atoms with E-state index in [0.29, 0.717) is 18.7 Å². The molecule has 4 heteroatoms. The Balaban J connectivity index is 1.05. The van der Waals surface area contributed by atoms with Crippen molar-refractivity contribution in [1.82, 2.24) is 10.2 Å². The third kappa shape index (κ3) is 4.08. The zero-order valence-electron chi connectivity index (χ0n) is 19.8. The fourth-order valence-corrected chi connectivity index (χ4v) is 7.47. The molecule has 2 aromatic carbocycles. The largest absolute Gasteiger partial charge is 0.352 e. The highest BCUT2D eigenvalue weighted by Crippen LogP contribution is 2.60. The summed E-state index contributed by atoms with van der Waals surface area (Å²) in [5.74, 6) is 2.66. The lowest BCUT2D eigenvalue weighted by Gasteiger charge is -2.55. The van der Waals surface area contributed by atoms with Crippen LogP contribution in [-0.4, -0.2) is 29.8 Å². The van der Waals surface area contributed by atoms with E-state index in [9.17, 15) is 9.59 Å². The highest BCUT2D eigenvalue weighted by Gasteiger charge is 2.54. The van der Waals surface area contributed by atoms with E-state index in [-0.39, 0.29) is 17.2 Å². The Hall–Kier alpha value is -2.88. The molecule has 5 aliphatic rings. The van der Waals surface area contributed by atoms with Gasteiger partial charge in [0.2, 0.25) is 5.91 Å². The fraction of sp³-hybridized carbons (Fsp3) is 0.467. The molecule has 1 N–H and O–H groups in total. The third-order valence-corrected chi connectivity index (χ3v) is 8.81. The highest BCUT2D eigenvalue weighted by atomic mass is 16.2. The van der Waals surface area contributed by atoms with Gasteiger partial charge >= 0.3 is 0 Å². The summed E-state index contributed by atoms with van der Waals surface area (Å²) in [7, 11) is 0. The monoisotopic (exact) mass is 454 g/mol. The molecular weight excluding hydrogens is 420 g/mol. The summed E-state index contributed by atoms with van der Waals surface area (Å²) in [6.45, 7) is 1.93. The van der Waals surface area contributed by atoms with E-state index in [1.54, 1.807) is 0 Å². The predicted molar refractivity (Wildman–Crippen MR) is 134 cm³/mol. The van der Waals surface area contributed by atoms with Crippen LogP contribution in [0, 0.1) is 23.2 Å². The third-order valence-electron chi connectivity index (χ3n) is 8.81. The van der Waals surface area contributed by atoms with Gasteiger partial charge in [-0.25, -0.2) is 0 Å². The van der Waals surface area contributed by atoms with Gasteiger partial charge in [0.05, 0.1) is 0 Å². The highest BCUT2D eigenvalue weighted by molar-refractivity contribution is 5.95. The van der Waals surface area contributed by atoms with Gasteiger partial charge in [-0.1, -0.05) is 48.5 Å². The topological polar surface area (TPSA) is 49.4 Å². The van der Waals surface area contributed by atoms with Crippen LogP contribution in [0.2, 0.25) is 0 Å². The lowest BCUT2D eigenvalue weighted by Crippen LogP contribution is -2.53. The van der Waals surface area contributed by atoms with Gasteiger partial charge in [0.15, 0.2) is 0 Å². The number of hydrogen-bond acceptors (Lipinski definition) is 2. The van der Waals surface area contributed by atoms with E-state index in [1.165, 1.54) is 30.4 Å². The second-order valence-corrected chi connectivity index (χ2v) is 11.2. The molecule has 1 heterocycles. The second-order valence-electron chi connectivity index (χ2n) is 11.2. The second kappa shape index (κ2) is 8.72. The van der Waals surface area contributed by atoms with Crippen molar-refractivity contribution in [2.75, 3.05) is 13.1 Å². The van der Waals surface area contributed by atoms with Crippen LogP contribution in [0.5, 0.6) is 0 Å². The van der Waals surface area contributed by atoms with Gasteiger partial charge < -0.3 is 10.2 Å². The Morgan fingerprint density at radius 1 is 0.882 bits per heavy atom. The van der Waals surface area contributed by atoms with Crippen molar-refractivity contribution in [2.45, 2.75) is 51.5 Å². The number of carbonyl (C=O) groups is 2. The minimum absolute atomic E-state index is 0.0764. The standard InChI is InChI=1S/C30H34N2O2/c33-28(32-12-10-26(11-13-32)25-4-2-1-3-5-25)27-8-6-21(7-9-27)20-31-29(34)30-17-22-14-23(18-30)16-24(15-22)19-30/h1-10,22-24H,11-20H2,(H,31,34). The maximum atomic E-state index is 13.2. The minimum Gasteiger partial charge on any atom is -0.352 e. The first-order chi connectivity index (χ1) is 16.6. The average Bonchev–Trinajstić information content (AvgIpc) is 2.87. The first-order valence-corrected chi connectivity index (χ1v) is 13.0. The average molecular weight is 455 g/mol. The minimum atomic E-state index is -0.106. The quantitative estimate of drug-likeness (QED) is 0.653. The van der Waals surface area contributed by atoms with E-state index in [1.807, 2.05) is 35.2 Å². The van der Waals surface area contributed by atoms with E-state index in [0.717, 1.165) is 55.5 Å². The summed E-state index contributed by atoms with van der Waals surface area (Å²) in [4.78, 5) is 28.1. The van der Waals surface area contributed by atoms with Crippen molar-refractivity contribution in [2.24, 2.45) is 23.2 Å². The zero-order valence-corrected chi connectivity index (χ0v) is 19.8. The fourth-order valence-electron chi connectivity index (χ4n) is 7.47. The van der Waals surface area contributed by atoms with Crippen LogP contribution in [-0.2, 0) is 11.3 Å². The Labute approximate surface area is 202 Å². The zero-order chi connectivity index (χ0) is 23.1. The lowest BCUT2D eigenvalue weighted by atomic mass is 9.49. The maximum absolute atomic E-state index is 13.2. The van der Waals surface area contributed by atoms with Gasteiger partial charge in [-0.05, 0) is 91.5 Å². The molecule has 7 rings (SSSR count). The van der Waals surface area contributed by atoms with Crippen molar-refractivity contribution in [3.63, 3.8) is 0 Å². The van der Waals surface area contributed by atoms with Crippen LogP contribution in [0.25, 0.3) is 5.57 Å². The normalized spacial score (nSPS) is 29.6. The molecule has 2 aromatic rings. The Morgan fingerprint density at radius 2 is 1.53 bits per heavy atom. The molecule has 176 valence electrons. The van der Waals surface area contributed by atoms with Crippen LogP contribution in [0.4, 0.5) is 0 Å². The van der Waals surface area contributed by atoms with Crippen LogP contribution in [0.3, 0.4) is 0 Å². The molecule has 4 fully saturated rings. The molecule has 34 heavy (non-hydrogen) atoms. The van der Waals surface area contributed by atoms with Crippen molar-refractivity contribution in [3.8, 4) is 0 Å². The van der Waals surface area contributed by atoms with Crippen LogP contribution in [0.1, 0.15) is 66.4 Å². The SMILES string of the molecule is O=C(c1ccc(CNC(=O)C23CC4CC(CC(C4)C2)C3)cc1)N1CC=C(c2ccccc2)CC1. The van der Waals surface area contributed by atoms with Gasteiger partial charge in [-0.15, -0.1) is 0 Å². The van der Waals surface area contributed by atoms with Crippen LogP contribution < -0.4 is 5.32 Å². The molecule has 0 saturated heterocycles. The maximum Gasteiger partial charge on any atom is 0.254 e. The number of rotatable bonds is 5. The molecule has 0 radical (unpaired) electrons. The number of nitrogens with one attached hydrogen (secondary N) is 1. The molecule has 4 aliphatic carbocycles. The molecule has 4 saturated carbocycles. The molecule has 4 bridgehead atoms. The number of hydrogen-bond donors (Lipinski definition) is 1. The summed E-state index contributed by atoms with van der Waals surface area (Å²) >= 11 is 0. The van der Waals surface area contributed by atoms with Crippen molar-refractivity contribution in [1.29, 1.82) is 0 Å². The van der Waals surface area contributed by atoms with E-state index in [4.69, 9.17) is 0 Å². The molecule has 0 atom stereocenters. The van der Waals surface area contributed by atoms with E-state index < -0.39 is 0 Å². The van der Waals surface area contributed by atoms with Gasteiger partial charge in [0.1, 0.15) is 0 Å². The van der Waals surface area contributed by atoms with Crippen LogP contribution >= 0.6 is 0 Å². The van der Waals surface area contributed by atoms with E-state index >= 15 is 0 Å². The van der Waals surface area contributed by atoms with Gasteiger partial charge in [0.25, 0.3) is 5.91 Å². The van der Waals surface area contributed by atoms with Crippen molar-refractivity contribution in [3.05, 3.63) is 77.4 Å². The van der Waals surface area contributed by atoms with Gasteiger partial charge in [-0.2, -0.15) is 0 Å². The summed E-state index contributed by atoms with van der Waals surface area (Å²) in [6.07, 6.45) is 10.4. The molecular formula is C30H34N2O2. The summed E-state index contributed by atoms with van der Waals surface area (Å²) in [5, 5.41) is 3.25. The predicted octanol–water partition coefficient (Wildman–Crippen LogP) is 5.45. The summed E-state index contributed by atoms with van der Waals surface area (Å²) < 4.78 is 0. The number of carbonyl (C=O) groups excluding carboxylic acids is 2. The Kier molecular flexibility index (Phi) is 5.55. The van der Waals surface area contributed by atoms with Crippen molar-refractivity contribution >= 4 is 17.4 Å². The summed E-state index contributed by atoms with van der Waals surface area (Å²) in [5.41, 5.74) is 4.22. The van der Waals surface area contributed by atoms with Crippen LogP contribution in [0.15, 0.2) is 60.7 Å². The molecule has 1 aliphatic heterocycles. The molecule has 0 aromatic heterocycles. The first-order valence-electron chi connectivity index (χ1n) is 13.0. The molecule has 0 spiro atoms. The number of amides is 2. The van der Waals surface area contributed by atoms with Gasteiger partial charge in [0, 0.05) is 30.6 Å². The van der Waals surface area contributed by atoms with Gasteiger partial charge in [-0.3, -0.25) is 9.59 Å². The number of nitrogens with zero attached hydrogens (tertiary/aromatic N) is 1. The molecule has 0 unspecified atom stereocenters. The van der Waals surface area contributed by atoms with E-state index in [2.05, 4.69) is 35.7 Å².